The average molecular weight is 349 g/mol. The van der Waals surface area contributed by atoms with Gasteiger partial charge in [-0.15, -0.1) is 0 Å². The molecule has 0 aliphatic carbocycles. The van der Waals surface area contributed by atoms with E-state index in [0.29, 0.717) is 50.7 Å². The first-order valence-corrected chi connectivity index (χ1v) is 8.62. The first kappa shape index (κ1) is 19.1. The summed E-state index contributed by atoms with van der Waals surface area (Å²) in [5.41, 5.74) is 2.42. The van der Waals surface area contributed by atoms with Crippen molar-refractivity contribution in [3.63, 3.8) is 0 Å². The SMILES string of the molecule is C=CCOc1c2c(nn1CC(=C)CO)CCN(C(=O)OCCCC)C2. The quantitative estimate of drug-likeness (QED) is 0.547. The molecule has 0 saturated carbocycles. The van der Waals surface area contributed by atoms with E-state index in [1.54, 1.807) is 15.7 Å². The molecule has 0 spiro atoms. The monoisotopic (exact) mass is 349 g/mol. The number of carbonyl (C=O) groups excluding carboxylic acids is 1. The van der Waals surface area contributed by atoms with Crippen LogP contribution >= 0.6 is 0 Å². The third-order valence-electron chi connectivity index (χ3n) is 3.97. The number of hydrogen-bond acceptors (Lipinski definition) is 5. The van der Waals surface area contributed by atoms with Gasteiger partial charge in [-0.2, -0.15) is 5.10 Å². The molecule has 138 valence electrons. The first-order valence-electron chi connectivity index (χ1n) is 8.62. The Kier molecular flexibility index (Phi) is 7.06. The van der Waals surface area contributed by atoms with Gasteiger partial charge in [0.15, 0.2) is 0 Å². The number of carbonyl (C=O) groups is 1. The summed E-state index contributed by atoms with van der Waals surface area (Å²) < 4.78 is 12.8. The van der Waals surface area contributed by atoms with E-state index in [1.807, 2.05) is 0 Å². The van der Waals surface area contributed by atoms with Gasteiger partial charge in [0.25, 0.3) is 0 Å². The molecule has 0 saturated heterocycles. The van der Waals surface area contributed by atoms with Gasteiger partial charge >= 0.3 is 6.09 Å². The zero-order valence-electron chi connectivity index (χ0n) is 14.9. The Morgan fingerprint density at radius 2 is 2.28 bits per heavy atom. The van der Waals surface area contributed by atoms with Gasteiger partial charge in [-0.05, 0) is 12.0 Å². The van der Waals surface area contributed by atoms with E-state index in [2.05, 4.69) is 25.2 Å². The number of nitrogens with zero attached hydrogens (tertiary/aromatic N) is 3. The number of aromatic nitrogens is 2. The molecular weight excluding hydrogens is 322 g/mol. The van der Waals surface area contributed by atoms with Crippen molar-refractivity contribution in [2.45, 2.75) is 39.3 Å². The van der Waals surface area contributed by atoms with Crippen LogP contribution in [0.3, 0.4) is 0 Å². The third-order valence-corrected chi connectivity index (χ3v) is 3.97. The fourth-order valence-electron chi connectivity index (χ4n) is 2.62. The number of amides is 1. The van der Waals surface area contributed by atoms with Gasteiger partial charge in [-0.25, -0.2) is 9.48 Å². The maximum atomic E-state index is 12.2. The Morgan fingerprint density at radius 3 is 2.96 bits per heavy atom. The molecule has 2 rings (SSSR count). The average Bonchev–Trinajstić information content (AvgIpc) is 2.96. The highest BCUT2D eigenvalue weighted by Gasteiger charge is 2.29. The Hall–Kier alpha value is -2.28. The molecule has 1 aliphatic rings. The van der Waals surface area contributed by atoms with Crippen LogP contribution in [0.15, 0.2) is 24.8 Å². The van der Waals surface area contributed by atoms with Crippen LogP contribution in [0, 0.1) is 0 Å². The molecule has 2 heterocycles. The molecule has 1 aromatic rings. The van der Waals surface area contributed by atoms with Crippen molar-refractivity contribution in [3.8, 4) is 5.88 Å². The molecule has 0 atom stereocenters. The van der Waals surface area contributed by atoms with Crippen molar-refractivity contribution in [1.82, 2.24) is 14.7 Å². The van der Waals surface area contributed by atoms with E-state index in [-0.39, 0.29) is 12.7 Å². The summed E-state index contributed by atoms with van der Waals surface area (Å²) >= 11 is 0. The molecular formula is C18H27N3O4. The highest BCUT2D eigenvalue weighted by atomic mass is 16.6. The lowest BCUT2D eigenvalue weighted by Crippen LogP contribution is -2.36. The van der Waals surface area contributed by atoms with Crippen molar-refractivity contribution >= 4 is 6.09 Å². The Bertz CT molecular complexity index is 624. The maximum Gasteiger partial charge on any atom is 0.410 e. The van der Waals surface area contributed by atoms with Crippen LogP contribution in [0.1, 0.15) is 31.0 Å². The van der Waals surface area contributed by atoms with E-state index in [9.17, 15) is 9.90 Å². The van der Waals surface area contributed by atoms with Crippen molar-refractivity contribution in [1.29, 1.82) is 0 Å². The summed E-state index contributed by atoms with van der Waals surface area (Å²) in [5, 5.41) is 13.8. The lowest BCUT2D eigenvalue weighted by Gasteiger charge is -2.26. The second-order valence-electron chi connectivity index (χ2n) is 6.04. The maximum absolute atomic E-state index is 12.2. The van der Waals surface area contributed by atoms with Gasteiger partial charge in [-0.3, -0.25) is 0 Å². The van der Waals surface area contributed by atoms with E-state index >= 15 is 0 Å². The summed E-state index contributed by atoms with van der Waals surface area (Å²) in [6.45, 7) is 11.5. The van der Waals surface area contributed by atoms with Gasteiger partial charge in [0.2, 0.25) is 5.88 Å². The lowest BCUT2D eigenvalue weighted by atomic mass is 10.1. The zero-order valence-corrected chi connectivity index (χ0v) is 14.9. The molecule has 0 unspecified atom stereocenters. The summed E-state index contributed by atoms with van der Waals surface area (Å²) in [4.78, 5) is 13.9. The summed E-state index contributed by atoms with van der Waals surface area (Å²) in [6, 6.07) is 0. The van der Waals surface area contributed by atoms with Crippen molar-refractivity contribution in [2.75, 3.05) is 26.4 Å². The van der Waals surface area contributed by atoms with E-state index in [4.69, 9.17) is 9.47 Å². The minimum Gasteiger partial charge on any atom is -0.473 e. The predicted octanol–water partition coefficient (Wildman–Crippen LogP) is 2.29. The number of rotatable bonds is 9. The first-order chi connectivity index (χ1) is 12.1. The number of fused-ring (bicyclic) bond motifs is 1. The van der Waals surface area contributed by atoms with Crippen LogP contribution in [-0.4, -0.2) is 52.2 Å². The minimum atomic E-state index is -0.304. The topological polar surface area (TPSA) is 76.8 Å². The fourth-order valence-corrected chi connectivity index (χ4v) is 2.62. The largest absolute Gasteiger partial charge is 0.473 e. The Balaban J connectivity index is 2.16. The molecule has 0 fully saturated rings. The number of aliphatic hydroxyl groups excluding tert-OH is 1. The molecule has 1 N–H and O–H groups in total. The van der Waals surface area contributed by atoms with Crippen LogP contribution in [0.4, 0.5) is 4.79 Å². The molecule has 7 nitrogen and oxygen atoms in total. The van der Waals surface area contributed by atoms with E-state index in [1.165, 1.54) is 0 Å². The highest BCUT2D eigenvalue weighted by Crippen LogP contribution is 2.29. The van der Waals surface area contributed by atoms with Crippen molar-refractivity contribution in [2.24, 2.45) is 0 Å². The number of aliphatic hydroxyl groups is 1. The minimum absolute atomic E-state index is 0.110. The van der Waals surface area contributed by atoms with Crippen LogP contribution in [0.25, 0.3) is 0 Å². The zero-order chi connectivity index (χ0) is 18.2. The van der Waals surface area contributed by atoms with Gasteiger partial charge < -0.3 is 19.5 Å². The summed E-state index contributed by atoms with van der Waals surface area (Å²) in [7, 11) is 0. The van der Waals surface area contributed by atoms with Crippen molar-refractivity contribution in [3.05, 3.63) is 36.1 Å². The molecule has 0 radical (unpaired) electrons. The second kappa shape index (κ2) is 9.27. The lowest BCUT2D eigenvalue weighted by molar-refractivity contribution is 0.0961. The van der Waals surface area contributed by atoms with Gasteiger partial charge in [0.05, 0.1) is 37.6 Å². The van der Waals surface area contributed by atoms with Crippen LogP contribution in [0.5, 0.6) is 5.88 Å². The third kappa shape index (κ3) is 4.85. The van der Waals surface area contributed by atoms with Crippen LogP contribution in [-0.2, 0) is 24.2 Å². The van der Waals surface area contributed by atoms with Gasteiger partial charge in [0, 0.05) is 13.0 Å². The normalized spacial score (nSPS) is 13.3. The van der Waals surface area contributed by atoms with Crippen molar-refractivity contribution < 1.29 is 19.4 Å². The van der Waals surface area contributed by atoms with E-state index < -0.39 is 0 Å². The molecule has 1 amide bonds. The molecule has 0 aromatic carbocycles. The van der Waals surface area contributed by atoms with Crippen LogP contribution in [0.2, 0.25) is 0 Å². The number of unbranched alkanes of at least 4 members (excludes halogenated alkanes) is 1. The highest BCUT2D eigenvalue weighted by molar-refractivity contribution is 5.68. The van der Waals surface area contributed by atoms with Crippen LogP contribution < -0.4 is 4.74 Å². The molecule has 0 bridgehead atoms. The predicted molar refractivity (Wildman–Crippen MR) is 94.5 cm³/mol. The smallest absolute Gasteiger partial charge is 0.410 e. The van der Waals surface area contributed by atoms with Gasteiger partial charge in [-0.1, -0.05) is 32.6 Å². The molecule has 7 heteroatoms. The molecule has 25 heavy (non-hydrogen) atoms. The van der Waals surface area contributed by atoms with Gasteiger partial charge in [0.1, 0.15) is 6.61 Å². The molecule has 1 aliphatic heterocycles. The molecule has 1 aromatic heterocycles. The Labute approximate surface area is 148 Å². The number of hydrogen-bond donors (Lipinski definition) is 1. The second-order valence-corrected chi connectivity index (χ2v) is 6.04. The number of ether oxygens (including phenoxy) is 2. The fraction of sp³-hybridized carbons (Fsp3) is 0.556. The van der Waals surface area contributed by atoms with E-state index in [0.717, 1.165) is 24.1 Å². The summed E-state index contributed by atoms with van der Waals surface area (Å²) in [5.74, 6) is 0.593. The Morgan fingerprint density at radius 1 is 1.48 bits per heavy atom. The summed E-state index contributed by atoms with van der Waals surface area (Å²) in [6.07, 6.45) is 3.84. The standard InChI is InChI=1S/C18H27N3O4/c1-4-6-10-25-18(23)20-8-7-16-15(12-20)17(24-9-5-2)21(19-16)11-14(3)13-22/h5,22H,2-4,6-13H2,1H3.